The molecule has 2 saturated carbocycles. The molecule has 2 bridgehead atoms. The van der Waals surface area contributed by atoms with Gasteiger partial charge in [0, 0.05) is 0 Å². The molecule has 0 aromatic carbocycles. The third kappa shape index (κ3) is 1.19. The molecule has 0 amide bonds. The highest BCUT2D eigenvalue weighted by molar-refractivity contribution is 5.67. The fraction of sp³-hybridized carbons (Fsp3) is 0.917. The van der Waals surface area contributed by atoms with E-state index >= 15 is 0 Å². The largest absolute Gasteiger partial charge is 0.481 e. The number of aliphatic carboxylic acids is 1. The zero-order valence-electron chi connectivity index (χ0n) is 9.66. The Labute approximate surface area is 90.5 Å². The molecule has 2 fully saturated rings. The Balaban J connectivity index is 2.29. The molecular formula is C12H20O3. The molecule has 0 unspecified atom stereocenters. The van der Waals surface area contributed by atoms with Gasteiger partial charge in [0.1, 0.15) is 0 Å². The summed E-state index contributed by atoms with van der Waals surface area (Å²) in [4.78, 5) is 10.8. The zero-order chi connectivity index (χ0) is 11.4. The highest BCUT2D eigenvalue weighted by Gasteiger charge is 2.65. The Morgan fingerprint density at radius 2 is 2.00 bits per heavy atom. The lowest BCUT2D eigenvalue weighted by atomic mass is 9.70. The fourth-order valence-electron chi connectivity index (χ4n) is 3.99. The summed E-state index contributed by atoms with van der Waals surface area (Å²) in [6.07, 6.45) is 1.77. The Kier molecular flexibility index (Phi) is 2.16. The van der Waals surface area contributed by atoms with E-state index in [1.54, 1.807) is 0 Å². The van der Waals surface area contributed by atoms with E-state index in [1.807, 2.05) is 0 Å². The first-order chi connectivity index (χ1) is 6.80. The molecule has 0 radical (unpaired) electrons. The van der Waals surface area contributed by atoms with E-state index in [9.17, 15) is 9.90 Å². The highest BCUT2D eigenvalue weighted by atomic mass is 16.4. The third-order valence-corrected chi connectivity index (χ3v) is 5.36. The van der Waals surface area contributed by atoms with Gasteiger partial charge in [0.2, 0.25) is 0 Å². The van der Waals surface area contributed by atoms with E-state index < -0.39 is 12.1 Å². The van der Waals surface area contributed by atoms with E-state index in [1.165, 1.54) is 0 Å². The van der Waals surface area contributed by atoms with Crippen LogP contribution < -0.4 is 0 Å². The third-order valence-electron chi connectivity index (χ3n) is 5.36. The van der Waals surface area contributed by atoms with Crippen LogP contribution in [0.25, 0.3) is 0 Å². The monoisotopic (exact) mass is 212 g/mol. The number of aliphatic hydroxyl groups excluding tert-OH is 1. The molecule has 0 aromatic heterocycles. The molecule has 2 N–H and O–H groups in total. The van der Waals surface area contributed by atoms with Crippen LogP contribution in [0.4, 0.5) is 0 Å². The van der Waals surface area contributed by atoms with Crippen LogP contribution in [-0.4, -0.2) is 22.3 Å². The Bertz CT molecular complexity index is 297. The molecule has 2 aliphatic carbocycles. The van der Waals surface area contributed by atoms with Crippen molar-refractivity contribution in [3.05, 3.63) is 0 Å². The smallest absolute Gasteiger partial charge is 0.303 e. The highest BCUT2D eigenvalue weighted by Crippen LogP contribution is 2.68. The van der Waals surface area contributed by atoms with Crippen LogP contribution in [0.5, 0.6) is 0 Å². The molecule has 15 heavy (non-hydrogen) atoms. The van der Waals surface area contributed by atoms with Crippen molar-refractivity contribution in [2.45, 2.75) is 46.1 Å². The van der Waals surface area contributed by atoms with Crippen LogP contribution in [0.2, 0.25) is 0 Å². The van der Waals surface area contributed by atoms with E-state index in [2.05, 4.69) is 20.8 Å². The van der Waals surface area contributed by atoms with Crippen molar-refractivity contribution in [2.75, 3.05) is 0 Å². The minimum Gasteiger partial charge on any atom is -0.481 e. The predicted molar refractivity (Wildman–Crippen MR) is 56.4 cm³/mol. The number of hydrogen-bond donors (Lipinski definition) is 2. The first-order valence-corrected chi connectivity index (χ1v) is 5.70. The molecule has 0 spiro atoms. The average molecular weight is 212 g/mol. The standard InChI is InChI=1S/C12H20O3/c1-11(2)8-4-5-12(11,3)10(15)7(8)6-9(13)14/h7-8,10,15H,4-6H2,1-3H3,(H,13,14)/t7-,8+,10-,12+/m0/s1. The number of aliphatic hydroxyl groups is 1. The molecule has 4 atom stereocenters. The summed E-state index contributed by atoms with van der Waals surface area (Å²) in [5.74, 6) is -0.462. The van der Waals surface area contributed by atoms with Crippen molar-refractivity contribution in [3.63, 3.8) is 0 Å². The molecule has 0 aromatic rings. The summed E-state index contributed by atoms with van der Waals surface area (Å²) in [6.45, 7) is 6.46. The van der Waals surface area contributed by atoms with Crippen molar-refractivity contribution in [1.29, 1.82) is 0 Å². The minimum absolute atomic E-state index is 0.0451. The summed E-state index contributed by atoms with van der Waals surface area (Å²) in [7, 11) is 0. The average Bonchev–Trinajstić information content (AvgIpc) is 2.40. The summed E-state index contributed by atoms with van der Waals surface area (Å²) < 4.78 is 0. The van der Waals surface area contributed by atoms with Crippen molar-refractivity contribution in [1.82, 2.24) is 0 Å². The number of carboxylic acid groups (broad SMARTS) is 1. The Morgan fingerprint density at radius 1 is 1.40 bits per heavy atom. The van der Waals surface area contributed by atoms with Crippen molar-refractivity contribution < 1.29 is 15.0 Å². The van der Waals surface area contributed by atoms with Crippen LogP contribution in [0, 0.1) is 22.7 Å². The molecule has 0 aliphatic heterocycles. The van der Waals surface area contributed by atoms with Gasteiger partial charge >= 0.3 is 5.97 Å². The molecule has 2 rings (SSSR count). The maximum Gasteiger partial charge on any atom is 0.303 e. The molecule has 0 heterocycles. The van der Waals surface area contributed by atoms with Gasteiger partial charge in [-0.05, 0) is 35.5 Å². The van der Waals surface area contributed by atoms with Crippen LogP contribution in [0.1, 0.15) is 40.0 Å². The predicted octanol–water partition coefficient (Wildman–Crippen LogP) is 1.89. The van der Waals surface area contributed by atoms with Crippen LogP contribution in [-0.2, 0) is 4.79 Å². The first-order valence-electron chi connectivity index (χ1n) is 5.70. The minimum atomic E-state index is -0.786. The van der Waals surface area contributed by atoms with Gasteiger partial charge in [-0.2, -0.15) is 0 Å². The molecule has 3 heteroatoms. The Morgan fingerprint density at radius 3 is 2.40 bits per heavy atom. The van der Waals surface area contributed by atoms with Gasteiger partial charge in [0.25, 0.3) is 0 Å². The number of carboxylic acids is 1. The van der Waals surface area contributed by atoms with Gasteiger partial charge in [0.15, 0.2) is 0 Å². The van der Waals surface area contributed by atoms with Gasteiger partial charge < -0.3 is 10.2 Å². The summed E-state index contributed by atoms with van der Waals surface area (Å²) >= 11 is 0. The van der Waals surface area contributed by atoms with Crippen molar-refractivity contribution >= 4 is 5.97 Å². The summed E-state index contributed by atoms with van der Waals surface area (Å²) in [5, 5.41) is 19.1. The van der Waals surface area contributed by atoms with Gasteiger partial charge in [-0.1, -0.05) is 20.8 Å². The Hall–Kier alpha value is -0.570. The second-order valence-corrected chi connectivity index (χ2v) is 5.99. The lowest BCUT2D eigenvalue weighted by Crippen LogP contribution is -2.38. The van der Waals surface area contributed by atoms with Gasteiger partial charge in [-0.25, -0.2) is 0 Å². The second-order valence-electron chi connectivity index (χ2n) is 5.99. The van der Waals surface area contributed by atoms with Crippen LogP contribution in [0.3, 0.4) is 0 Å². The van der Waals surface area contributed by atoms with Crippen LogP contribution in [0.15, 0.2) is 0 Å². The quantitative estimate of drug-likeness (QED) is 0.735. The van der Waals surface area contributed by atoms with E-state index in [0.717, 1.165) is 12.8 Å². The molecule has 86 valence electrons. The van der Waals surface area contributed by atoms with Gasteiger partial charge in [-0.15, -0.1) is 0 Å². The topological polar surface area (TPSA) is 57.5 Å². The van der Waals surface area contributed by atoms with Crippen molar-refractivity contribution in [2.24, 2.45) is 22.7 Å². The number of hydrogen-bond acceptors (Lipinski definition) is 2. The SMILES string of the molecule is CC1(C)[C@@H]2CC[C@]1(C)[C@@H](O)[C@H]2CC(=O)O. The maximum atomic E-state index is 10.8. The van der Waals surface area contributed by atoms with Gasteiger partial charge in [0.05, 0.1) is 12.5 Å². The molecule has 2 aliphatic rings. The normalized spacial score (nSPS) is 47.1. The zero-order valence-corrected chi connectivity index (χ0v) is 9.66. The van der Waals surface area contributed by atoms with E-state index in [4.69, 9.17) is 5.11 Å². The number of carbonyl (C=O) groups is 1. The van der Waals surface area contributed by atoms with E-state index in [0.29, 0.717) is 5.92 Å². The van der Waals surface area contributed by atoms with Crippen LogP contribution >= 0.6 is 0 Å². The molecular weight excluding hydrogens is 192 g/mol. The van der Waals surface area contributed by atoms with Crippen molar-refractivity contribution in [3.8, 4) is 0 Å². The molecule has 0 saturated heterocycles. The van der Waals surface area contributed by atoms with Gasteiger partial charge in [-0.3, -0.25) is 4.79 Å². The summed E-state index contributed by atoms with van der Waals surface area (Å²) in [6, 6.07) is 0. The number of rotatable bonds is 2. The summed E-state index contributed by atoms with van der Waals surface area (Å²) in [5.41, 5.74) is -0.00961. The lowest BCUT2D eigenvalue weighted by Gasteiger charge is -2.37. The number of fused-ring (bicyclic) bond motifs is 2. The fourth-order valence-corrected chi connectivity index (χ4v) is 3.99. The second kappa shape index (κ2) is 2.97. The van der Waals surface area contributed by atoms with E-state index in [-0.39, 0.29) is 23.2 Å². The first kappa shape index (κ1) is 10.9. The lowest BCUT2D eigenvalue weighted by molar-refractivity contribution is -0.140. The molecule has 3 nitrogen and oxygen atoms in total. The maximum absolute atomic E-state index is 10.8.